The highest BCUT2D eigenvalue weighted by Gasteiger charge is 2.23. The van der Waals surface area contributed by atoms with Gasteiger partial charge in [-0.05, 0) is 44.9 Å². The molecule has 0 saturated heterocycles. The molecule has 0 aromatic heterocycles. The van der Waals surface area contributed by atoms with E-state index in [1.807, 2.05) is 27.2 Å². The first-order valence-corrected chi connectivity index (χ1v) is 31.7. The molecule has 0 aromatic rings. The Hall–Kier alpha value is -1.02. The number of rotatable bonds is 56. The SMILES string of the molecule is CCCCCCCCCC/C=C\CCCCCCCCCCCCCCCCCCCCCCCCCCCC(=O)NC(COP(=O)([O-])OCC[N+](C)(C)C)C(O)/C=C/CCCCCCCCCC. The van der Waals surface area contributed by atoms with Crippen molar-refractivity contribution in [3.05, 3.63) is 24.3 Å². The average Bonchev–Trinajstić information content (AvgIpc) is 3.31. The molecular weight excluding hydrogens is 876 g/mol. The van der Waals surface area contributed by atoms with Crippen LogP contribution in [0.25, 0.3) is 0 Å². The number of quaternary nitrogens is 1. The van der Waals surface area contributed by atoms with Gasteiger partial charge in [0.1, 0.15) is 13.2 Å². The number of nitrogens with zero attached hydrogens (tertiary/aromatic N) is 1. The van der Waals surface area contributed by atoms with Gasteiger partial charge >= 0.3 is 0 Å². The summed E-state index contributed by atoms with van der Waals surface area (Å²) >= 11 is 0. The van der Waals surface area contributed by atoms with Gasteiger partial charge in [0, 0.05) is 6.42 Å². The van der Waals surface area contributed by atoms with E-state index in [2.05, 4.69) is 31.3 Å². The fraction of sp³-hybridized carbons (Fsp3) is 0.917. The Balaban J connectivity index is 3.82. The lowest BCUT2D eigenvalue weighted by Gasteiger charge is -2.29. The number of nitrogens with one attached hydrogen (secondary N) is 1. The second-order valence-corrected chi connectivity index (χ2v) is 23.5. The van der Waals surface area contributed by atoms with E-state index in [0.29, 0.717) is 17.4 Å². The van der Waals surface area contributed by atoms with Crippen LogP contribution in [0.15, 0.2) is 24.3 Å². The summed E-state index contributed by atoms with van der Waals surface area (Å²) < 4.78 is 23.2. The van der Waals surface area contributed by atoms with Crippen LogP contribution in [0.5, 0.6) is 0 Å². The Labute approximate surface area is 430 Å². The van der Waals surface area contributed by atoms with E-state index in [0.717, 1.165) is 38.5 Å². The number of carbonyl (C=O) groups is 1. The lowest BCUT2D eigenvalue weighted by molar-refractivity contribution is -0.870. The fourth-order valence-electron chi connectivity index (χ4n) is 9.15. The number of phosphoric acid groups is 1. The van der Waals surface area contributed by atoms with Gasteiger partial charge in [-0.3, -0.25) is 9.36 Å². The highest BCUT2D eigenvalue weighted by Crippen LogP contribution is 2.38. The highest BCUT2D eigenvalue weighted by molar-refractivity contribution is 7.45. The molecular formula is C60H119N2O6P. The number of hydrogen-bond donors (Lipinski definition) is 2. The van der Waals surface area contributed by atoms with E-state index >= 15 is 0 Å². The molecule has 0 radical (unpaired) electrons. The zero-order valence-electron chi connectivity index (χ0n) is 46.8. The normalized spacial score (nSPS) is 14.0. The molecule has 2 N–H and O–H groups in total. The molecule has 9 heteroatoms. The largest absolute Gasteiger partial charge is 0.756 e. The number of unbranched alkanes of at least 4 members (excludes halogenated alkanes) is 41. The van der Waals surface area contributed by atoms with E-state index < -0.39 is 20.0 Å². The van der Waals surface area contributed by atoms with Crippen LogP contribution in [0.3, 0.4) is 0 Å². The highest BCUT2D eigenvalue weighted by atomic mass is 31.2. The third kappa shape index (κ3) is 54.6. The topological polar surface area (TPSA) is 108 Å². The first-order valence-electron chi connectivity index (χ1n) is 30.2. The molecule has 0 saturated carbocycles. The predicted octanol–water partition coefficient (Wildman–Crippen LogP) is 17.7. The fourth-order valence-corrected chi connectivity index (χ4v) is 9.87. The zero-order valence-corrected chi connectivity index (χ0v) is 47.7. The average molecular weight is 996 g/mol. The summed E-state index contributed by atoms with van der Waals surface area (Å²) in [5, 5.41) is 13.8. The number of hydrogen-bond acceptors (Lipinski definition) is 6. The summed E-state index contributed by atoms with van der Waals surface area (Å²) in [5.41, 5.74) is 0. The number of aliphatic hydroxyl groups is 1. The number of amides is 1. The lowest BCUT2D eigenvalue weighted by atomic mass is 10.0. The third-order valence-electron chi connectivity index (χ3n) is 13.9. The molecule has 0 rings (SSSR count). The standard InChI is InChI=1S/C60H119N2O6P/c1-6-8-10-12-14-16-18-19-20-21-22-23-24-25-26-27-28-29-30-31-32-33-34-35-36-37-38-39-40-41-42-43-44-46-48-50-52-54-60(64)61-58(57-68-69(65,66)67-56-55-62(3,4)5)59(63)53-51-49-47-45-17-15-13-11-9-7-2/h21-22,51,53,58-59,63H,6-20,23-50,52,54-57H2,1-5H3,(H-,61,64,65,66)/b22-21-,53-51+. The summed E-state index contributed by atoms with van der Waals surface area (Å²) in [5.74, 6) is -0.194. The minimum atomic E-state index is -4.58. The summed E-state index contributed by atoms with van der Waals surface area (Å²) in [4.78, 5) is 25.4. The van der Waals surface area contributed by atoms with Gasteiger partial charge in [-0.25, -0.2) is 0 Å². The number of allylic oxidation sites excluding steroid dienone is 3. The van der Waals surface area contributed by atoms with Crippen molar-refractivity contribution in [3.8, 4) is 0 Å². The number of carbonyl (C=O) groups excluding carboxylic acids is 1. The second kappa shape index (κ2) is 51.9. The smallest absolute Gasteiger partial charge is 0.268 e. The molecule has 0 bridgehead atoms. The van der Waals surface area contributed by atoms with Crippen molar-refractivity contribution in [2.45, 2.75) is 315 Å². The van der Waals surface area contributed by atoms with Crippen LogP contribution in [-0.2, 0) is 18.4 Å². The van der Waals surface area contributed by atoms with Crippen LogP contribution in [0, 0.1) is 0 Å². The molecule has 0 aliphatic rings. The molecule has 0 aliphatic heterocycles. The van der Waals surface area contributed by atoms with Crippen LogP contribution >= 0.6 is 7.82 Å². The van der Waals surface area contributed by atoms with Gasteiger partial charge in [0.25, 0.3) is 7.82 Å². The molecule has 0 heterocycles. The van der Waals surface area contributed by atoms with Crippen molar-refractivity contribution < 1.29 is 32.9 Å². The van der Waals surface area contributed by atoms with Crippen molar-refractivity contribution in [2.75, 3.05) is 40.9 Å². The Morgan fingerprint density at radius 3 is 1.13 bits per heavy atom. The monoisotopic (exact) mass is 995 g/mol. The predicted molar refractivity (Wildman–Crippen MR) is 298 cm³/mol. The number of likely N-dealkylation sites (N-methyl/N-ethyl adjacent to an activating group) is 1. The van der Waals surface area contributed by atoms with E-state index in [-0.39, 0.29) is 19.1 Å². The van der Waals surface area contributed by atoms with Gasteiger partial charge in [-0.2, -0.15) is 0 Å². The minimum absolute atomic E-state index is 0.00137. The Morgan fingerprint density at radius 2 is 0.797 bits per heavy atom. The molecule has 8 nitrogen and oxygen atoms in total. The zero-order chi connectivity index (χ0) is 50.6. The molecule has 1 amide bonds. The maximum Gasteiger partial charge on any atom is 0.268 e. The maximum absolute atomic E-state index is 12.9. The molecule has 3 atom stereocenters. The van der Waals surface area contributed by atoms with Crippen molar-refractivity contribution in [1.82, 2.24) is 5.32 Å². The van der Waals surface area contributed by atoms with Gasteiger partial charge in [0.05, 0.1) is 39.9 Å². The summed E-state index contributed by atoms with van der Waals surface area (Å²) in [7, 11) is 1.27. The van der Waals surface area contributed by atoms with Crippen molar-refractivity contribution in [3.63, 3.8) is 0 Å². The van der Waals surface area contributed by atoms with Crippen molar-refractivity contribution >= 4 is 13.7 Å². The van der Waals surface area contributed by atoms with Crippen LogP contribution in [0.1, 0.15) is 303 Å². The van der Waals surface area contributed by atoms with Gasteiger partial charge in [-0.1, -0.05) is 276 Å². The third-order valence-corrected chi connectivity index (χ3v) is 14.9. The van der Waals surface area contributed by atoms with Crippen molar-refractivity contribution in [1.29, 1.82) is 0 Å². The van der Waals surface area contributed by atoms with Gasteiger partial charge in [0.15, 0.2) is 0 Å². The molecule has 0 fully saturated rings. The lowest BCUT2D eigenvalue weighted by Crippen LogP contribution is -2.45. The molecule has 0 aliphatic carbocycles. The van der Waals surface area contributed by atoms with E-state index in [1.165, 1.54) is 244 Å². The minimum Gasteiger partial charge on any atom is -0.756 e. The van der Waals surface area contributed by atoms with E-state index in [1.54, 1.807) is 6.08 Å². The van der Waals surface area contributed by atoms with E-state index in [4.69, 9.17) is 9.05 Å². The molecule has 3 unspecified atom stereocenters. The van der Waals surface area contributed by atoms with Gasteiger partial charge < -0.3 is 28.8 Å². The van der Waals surface area contributed by atoms with Gasteiger partial charge in [0.2, 0.25) is 5.91 Å². The number of phosphoric ester groups is 1. The van der Waals surface area contributed by atoms with Crippen molar-refractivity contribution in [2.24, 2.45) is 0 Å². The summed E-state index contributed by atoms with van der Waals surface area (Å²) in [6.45, 7) is 4.65. The Bertz CT molecular complexity index is 1170. The summed E-state index contributed by atoms with van der Waals surface area (Å²) in [6, 6.07) is -0.881. The number of aliphatic hydroxyl groups excluding tert-OH is 1. The molecule has 410 valence electrons. The first-order chi connectivity index (χ1) is 33.5. The quantitative estimate of drug-likeness (QED) is 0.0272. The Morgan fingerprint density at radius 1 is 0.493 bits per heavy atom. The maximum atomic E-state index is 12.9. The second-order valence-electron chi connectivity index (χ2n) is 22.1. The van der Waals surface area contributed by atoms with Crippen LogP contribution in [0.2, 0.25) is 0 Å². The van der Waals surface area contributed by atoms with Gasteiger partial charge in [-0.15, -0.1) is 0 Å². The van der Waals surface area contributed by atoms with E-state index in [9.17, 15) is 19.4 Å². The van der Waals surface area contributed by atoms with Crippen LogP contribution in [-0.4, -0.2) is 68.5 Å². The van der Waals surface area contributed by atoms with Crippen LogP contribution < -0.4 is 10.2 Å². The summed E-state index contributed by atoms with van der Waals surface area (Å²) in [6.07, 6.45) is 65.9. The first kappa shape index (κ1) is 68.0. The molecule has 0 spiro atoms. The molecule has 69 heavy (non-hydrogen) atoms. The Kier molecular flexibility index (Phi) is 51.1. The molecule has 0 aromatic carbocycles. The van der Waals surface area contributed by atoms with Crippen LogP contribution in [0.4, 0.5) is 0 Å².